The lowest BCUT2D eigenvalue weighted by Gasteiger charge is -2.08. The van der Waals surface area contributed by atoms with E-state index >= 15 is 0 Å². The summed E-state index contributed by atoms with van der Waals surface area (Å²) in [6, 6.07) is 4.51. The summed E-state index contributed by atoms with van der Waals surface area (Å²) >= 11 is 3.18. The van der Waals surface area contributed by atoms with Crippen LogP contribution >= 0.6 is 15.9 Å². The van der Waals surface area contributed by atoms with Gasteiger partial charge in [-0.05, 0) is 34.1 Å². The van der Waals surface area contributed by atoms with Crippen LogP contribution in [0.1, 0.15) is 11.7 Å². The van der Waals surface area contributed by atoms with Gasteiger partial charge in [0.15, 0.2) is 5.82 Å². The van der Waals surface area contributed by atoms with E-state index in [4.69, 9.17) is 10.3 Å². The molecule has 0 aliphatic rings. The Morgan fingerprint density at radius 3 is 2.80 bits per heavy atom. The maximum Gasteiger partial charge on any atom is 0.241 e. The number of anilines is 1. The predicted molar refractivity (Wildman–Crippen MR) is 76.5 cm³/mol. The highest BCUT2D eigenvalue weighted by Gasteiger charge is 2.17. The minimum atomic E-state index is -3.61. The maximum absolute atomic E-state index is 12.1. The topological polar surface area (TPSA) is 111 Å². The van der Waals surface area contributed by atoms with E-state index in [2.05, 4.69) is 30.8 Å². The number of rotatable bonds is 5. The third-order valence-electron chi connectivity index (χ3n) is 2.46. The number of nitrogens with one attached hydrogen (secondary N) is 1. The first-order valence-corrected chi connectivity index (χ1v) is 8.00. The second-order valence-corrected chi connectivity index (χ2v) is 6.66. The number of hydrogen-bond donors (Lipinski definition) is 2. The maximum atomic E-state index is 12.1. The molecule has 0 unspecified atom stereocenters. The molecule has 2 aromatic rings. The van der Waals surface area contributed by atoms with Gasteiger partial charge in [0, 0.05) is 30.0 Å². The molecular weight excluding hydrogens is 348 g/mol. The third-order valence-corrected chi connectivity index (χ3v) is 4.89. The Bertz CT molecular complexity index is 714. The van der Waals surface area contributed by atoms with Crippen LogP contribution in [-0.4, -0.2) is 25.1 Å². The van der Waals surface area contributed by atoms with E-state index in [0.29, 0.717) is 28.3 Å². The number of hydrogen-bond acceptors (Lipinski definition) is 6. The van der Waals surface area contributed by atoms with Gasteiger partial charge in [0.05, 0.1) is 4.90 Å². The summed E-state index contributed by atoms with van der Waals surface area (Å²) in [4.78, 5) is 4.13. The highest BCUT2D eigenvalue weighted by molar-refractivity contribution is 9.10. The van der Waals surface area contributed by atoms with Gasteiger partial charge in [-0.25, -0.2) is 13.1 Å². The molecule has 0 saturated heterocycles. The molecule has 0 amide bonds. The molecule has 3 N–H and O–H groups in total. The summed E-state index contributed by atoms with van der Waals surface area (Å²) in [6.45, 7) is 1.85. The lowest BCUT2D eigenvalue weighted by Crippen LogP contribution is -2.26. The highest BCUT2D eigenvalue weighted by atomic mass is 79.9. The molecule has 0 spiro atoms. The quantitative estimate of drug-likeness (QED) is 0.776. The molecule has 0 fully saturated rings. The molecule has 0 aliphatic carbocycles. The molecular formula is C11H13BrN4O3S. The smallest absolute Gasteiger partial charge is 0.241 e. The van der Waals surface area contributed by atoms with E-state index in [0.717, 1.165) is 0 Å². The number of nitrogens with two attached hydrogens (primary N) is 1. The van der Waals surface area contributed by atoms with E-state index in [1.54, 1.807) is 6.92 Å². The summed E-state index contributed by atoms with van der Waals surface area (Å²) < 4.78 is 31.9. The summed E-state index contributed by atoms with van der Waals surface area (Å²) in [5.41, 5.74) is 6.06. The van der Waals surface area contributed by atoms with E-state index in [1.165, 1.54) is 18.2 Å². The van der Waals surface area contributed by atoms with Crippen molar-refractivity contribution in [1.29, 1.82) is 0 Å². The van der Waals surface area contributed by atoms with Crippen LogP contribution in [0.4, 0.5) is 5.69 Å². The van der Waals surface area contributed by atoms with Gasteiger partial charge in [-0.3, -0.25) is 0 Å². The lowest BCUT2D eigenvalue weighted by atomic mass is 10.3. The fourth-order valence-corrected chi connectivity index (χ4v) is 3.68. The Balaban J connectivity index is 2.04. The molecule has 0 aliphatic heterocycles. The Morgan fingerprint density at radius 2 is 2.20 bits per heavy atom. The van der Waals surface area contributed by atoms with Crippen LogP contribution in [0, 0.1) is 6.92 Å². The molecule has 9 heteroatoms. The number of nitrogen functional groups attached to an aromatic ring is 1. The molecule has 0 bridgehead atoms. The van der Waals surface area contributed by atoms with Crippen LogP contribution in [0.15, 0.2) is 32.1 Å². The monoisotopic (exact) mass is 360 g/mol. The molecule has 1 aromatic carbocycles. The normalized spacial score (nSPS) is 11.7. The van der Waals surface area contributed by atoms with E-state index in [1.807, 2.05) is 0 Å². The fraction of sp³-hybridized carbons (Fsp3) is 0.273. The van der Waals surface area contributed by atoms with Crippen molar-refractivity contribution in [3.05, 3.63) is 34.4 Å². The van der Waals surface area contributed by atoms with Crippen LogP contribution in [0.3, 0.4) is 0 Å². The first-order valence-electron chi connectivity index (χ1n) is 5.72. The second-order valence-electron chi connectivity index (χ2n) is 4.07. The number of benzene rings is 1. The number of aromatic nitrogens is 2. The molecule has 0 radical (unpaired) electrons. The highest BCUT2D eigenvalue weighted by Crippen LogP contribution is 2.23. The minimum absolute atomic E-state index is 0.135. The SMILES string of the molecule is Cc1nc(CCNS(=O)(=O)c2ccc(N)cc2Br)no1. The van der Waals surface area contributed by atoms with Crippen LogP contribution in [0.5, 0.6) is 0 Å². The van der Waals surface area contributed by atoms with E-state index < -0.39 is 10.0 Å². The van der Waals surface area contributed by atoms with Gasteiger partial charge in [0.2, 0.25) is 15.9 Å². The van der Waals surface area contributed by atoms with Gasteiger partial charge in [0.25, 0.3) is 0 Å². The van der Waals surface area contributed by atoms with Crippen LogP contribution in [-0.2, 0) is 16.4 Å². The number of aryl methyl sites for hydroxylation is 1. The summed E-state index contributed by atoms with van der Waals surface area (Å²) in [6.07, 6.45) is 0.350. The Hall–Kier alpha value is -1.45. The third kappa shape index (κ3) is 3.56. The summed E-state index contributed by atoms with van der Waals surface area (Å²) in [5.74, 6) is 0.908. The van der Waals surface area contributed by atoms with Crippen molar-refractivity contribution in [3.8, 4) is 0 Å². The second kappa shape index (κ2) is 5.90. The number of halogens is 1. The predicted octanol–water partition coefficient (Wildman–Crippen LogP) is 1.24. The van der Waals surface area contributed by atoms with Gasteiger partial charge in [0.1, 0.15) is 0 Å². The van der Waals surface area contributed by atoms with Crippen molar-refractivity contribution in [2.24, 2.45) is 0 Å². The van der Waals surface area contributed by atoms with Crippen LogP contribution in [0.25, 0.3) is 0 Å². The number of nitrogens with zero attached hydrogens (tertiary/aromatic N) is 2. The molecule has 1 aromatic heterocycles. The first-order chi connectivity index (χ1) is 9.38. The van der Waals surface area contributed by atoms with Gasteiger partial charge in [-0.2, -0.15) is 4.98 Å². The molecule has 0 atom stereocenters. The van der Waals surface area contributed by atoms with E-state index in [-0.39, 0.29) is 11.4 Å². The fourth-order valence-electron chi connectivity index (χ4n) is 1.55. The average molecular weight is 361 g/mol. The molecule has 0 saturated carbocycles. The van der Waals surface area contributed by atoms with Crippen LogP contribution in [0.2, 0.25) is 0 Å². The summed E-state index contributed by atoms with van der Waals surface area (Å²) in [7, 11) is -3.61. The standard InChI is InChI=1S/C11H13BrN4O3S/c1-7-15-11(16-19-7)4-5-14-20(17,18)10-3-2-8(13)6-9(10)12/h2-3,6,14H,4-5,13H2,1H3. The average Bonchev–Trinajstić information content (AvgIpc) is 2.74. The molecule has 20 heavy (non-hydrogen) atoms. The van der Waals surface area contributed by atoms with Crippen molar-refractivity contribution in [2.45, 2.75) is 18.2 Å². The molecule has 108 valence electrons. The van der Waals surface area contributed by atoms with Gasteiger partial charge >= 0.3 is 0 Å². The largest absolute Gasteiger partial charge is 0.399 e. The molecule has 7 nitrogen and oxygen atoms in total. The zero-order valence-corrected chi connectivity index (χ0v) is 13.0. The zero-order valence-electron chi connectivity index (χ0n) is 10.6. The molecule has 2 rings (SSSR count). The summed E-state index contributed by atoms with van der Waals surface area (Å²) in [5, 5.41) is 3.69. The lowest BCUT2D eigenvalue weighted by molar-refractivity contribution is 0.387. The Kier molecular flexibility index (Phi) is 4.41. The molecule has 1 heterocycles. The zero-order chi connectivity index (χ0) is 14.8. The minimum Gasteiger partial charge on any atom is -0.399 e. The van der Waals surface area contributed by atoms with Crippen molar-refractivity contribution >= 4 is 31.6 Å². The van der Waals surface area contributed by atoms with Crippen molar-refractivity contribution < 1.29 is 12.9 Å². The number of sulfonamides is 1. The Labute approximate surface area is 124 Å². The Morgan fingerprint density at radius 1 is 1.45 bits per heavy atom. The van der Waals surface area contributed by atoms with Crippen molar-refractivity contribution in [2.75, 3.05) is 12.3 Å². The van der Waals surface area contributed by atoms with Crippen molar-refractivity contribution in [3.63, 3.8) is 0 Å². The van der Waals surface area contributed by atoms with Crippen LogP contribution < -0.4 is 10.5 Å². The van der Waals surface area contributed by atoms with Gasteiger partial charge < -0.3 is 10.3 Å². The van der Waals surface area contributed by atoms with Gasteiger partial charge in [-0.15, -0.1) is 0 Å². The van der Waals surface area contributed by atoms with Crippen molar-refractivity contribution in [1.82, 2.24) is 14.9 Å². The van der Waals surface area contributed by atoms with E-state index in [9.17, 15) is 8.42 Å². The first kappa shape index (κ1) is 14.9. The van der Waals surface area contributed by atoms with Gasteiger partial charge in [-0.1, -0.05) is 5.16 Å².